The highest BCUT2D eigenvalue weighted by Crippen LogP contribution is 2.21. The van der Waals surface area contributed by atoms with E-state index in [1.807, 2.05) is 18.2 Å². The second kappa shape index (κ2) is 6.28. The lowest BCUT2D eigenvalue weighted by atomic mass is 10.1. The Morgan fingerprint density at radius 2 is 2.21 bits per heavy atom. The minimum absolute atomic E-state index is 0.484. The number of hydrogen-bond donors (Lipinski definition) is 1. The number of hydrogen-bond acceptors (Lipinski definition) is 4. The number of aromatic nitrogens is 1. The summed E-state index contributed by atoms with van der Waals surface area (Å²) >= 11 is 1.72. The van der Waals surface area contributed by atoms with Crippen molar-refractivity contribution in [3.63, 3.8) is 0 Å². The first-order chi connectivity index (χ1) is 9.42. The van der Waals surface area contributed by atoms with Crippen LogP contribution >= 0.6 is 11.3 Å². The Bertz CT molecular complexity index is 506. The predicted molar refractivity (Wildman–Crippen MR) is 78.2 cm³/mol. The van der Waals surface area contributed by atoms with Gasteiger partial charge in [0.2, 0.25) is 0 Å². The van der Waals surface area contributed by atoms with Gasteiger partial charge in [0.25, 0.3) is 0 Å². The van der Waals surface area contributed by atoms with E-state index in [1.54, 1.807) is 11.3 Å². The molecule has 0 bridgehead atoms. The summed E-state index contributed by atoms with van der Waals surface area (Å²) in [6, 6.07) is 10.8. The maximum absolute atomic E-state index is 5.47. The van der Waals surface area contributed by atoms with Crippen molar-refractivity contribution < 1.29 is 4.74 Å². The molecule has 0 amide bonds. The van der Waals surface area contributed by atoms with E-state index in [9.17, 15) is 0 Å². The number of nitrogens with zero attached hydrogens (tertiary/aromatic N) is 1. The van der Waals surface area contributed by atoms with Gasteiger partial charge in [0, 0.05) is 30.1 Å². The standard InChI is InChI=1S/C15H18N2OS/c1-2-5-12(6-3-1)14-11-19-15(17-14)9-16-13-7-4-8-18-10-13/h1-3,5-6,11,13,16H,4,7-10H2. The summed E-state index contributed by atoms with van der Waals surface area (Å²) < 4.78 is 5.47. The maximum Gasteiger partial charge on any atom is 0.107 e. The van der Waals surface area contributed by atoms with Crippen molar-refractivity contribution in [3.8, 4) is 11.3 Å². The molecule has 0 aliphatic carbocycles. The minimum atomic E-state index is 0.484. The van der Waals surface area contributed by atoms with Crippen molar-refractivity contribution in [1.29, 1.82) is 0 Å². The van der Waals surface area contributed by atoms with E-state index < -0.39 is 0 Å². The number of ether oxygens (including phenoxy) is 1. The van der Waals surface area contributed by atoms with Gasteiger partial charge in [0.05, 0.1) is 12.3 Å². The van der Waals surface area contributed by atoms with Crippen LogP contribution in [-0.2, 0) is 11.3 Å². The van der Waals surface area contributed by atoms with Crippen LogP contribution in [0.3, 0.4) is 0 Å². The summed E-state index contributed by atoms with van der Waals surface area (Å²) in [7, 11) is 0. The molecule has 1 aromatic carbocycles. The lowest BCUT2D eigenvalue weighted by molar-refractivity contribution is 0.0699. The van der Waals surface area contributed by atoms with Crippen LogP contribution in [0.2, 0.25) is 0 Å². The SMILES string of the molecule is c1ccc(-c2csc(CNC3CCCOC3)n2)cc1. The summed E-state index contributed by atoms with van der Waals surface area (Å²) in [4.78, 5) is 4.68. The molecule has 0 spiro atoms. The van der Waals surface area contributed by atoms with E-state index in [0.717, 1.165) is 36.9 Å². The zero-order valence-electron chi connectivity index (χ0n) is 10.8. The van der Waals surface area contributed by atoms with E-state index in [0.29, 0.717) is 6.04 Å². The smallest absolute Gasteiger partial charge is 0.107 e. The van der Waals surface area contributed by atoms with Crippen LogP contribution in [0.1, 0.15) is 17.8 Å². The molecule has 1 unspecified atom stereocenters. The van der Waals surface area contributed by atoms with Crippen molar-refractivity contribution in [1.82, 2.24) is 10.3 Å². The number of nitrogens with one attached hydrogen (secondary N) is 1. The van der Waals surface area contributed by atoms with Crippen molar-refractivity contribution in [3.05, 3.63) is 40.7 Å². The average molecular weight is 274 g/mol. The predicted octanol–water partition coefficient (Wildman–Crippen LogP) is 3.08. The van der Waals surface area contributed by atoms with Crippen LogP contribution in [0.15, 0.2) is 35.7 Å². The van der Waals surface area contributed by atoms with Crippen molar-refractivity contribution >= 4 is 11.3 Å². The van der Waals surface area contributed by atoms with E-state index in [1.165, 1.54) is 12.0 Å². The molecule has 2 heterocycles. The Kier molecular flexibility index (Phi) is 4.23. The van der Waals surface area contributed by atoms with E-state index in [-0.39, 0.29) is 0 Å². The number of benzene rings is 1. The molecule has 1 saturated heterocycles. The van der Waals surface area contributed by atoms with Crippen molar-refractivity contribution in [2.24, 2.45) is 0 Å². The lowest BCUT2D eigenvalue weighted by Crippen LogP contribution is -2.36. The summed E-state index contributed by atoms with van der Waals surface area (Å²) in [6.07, 6.45) is 2.36. The topological polar surface area (TPSA) is 34.1 Å². The van der Waals surface area contributed by atoms with E-state index in [2.05, 4.69) is 27.8 Å². The molecule has 4 heteroatoms. The Balaban J connectivity index is 1.59. The third-order valence-electron chi connectivity index (χ3n) is 3.32. The van der Waals surface area contributed by atoms with Crippen LogP contribution in [0, 0.1) is 0 Å². The van der Waals surface area contributed by atoms with E-state index >= 15 is 0 Å². The van der Waals surface area contributed by atoms with Crippen LogP contribution in [0.25, 0.3) is 11.3 Å². The molecular weight excluding hydrogens is 256 g/mol. The third kappa shape index (κ3) is 3.41. The Labute approximate surface area is 117 Å². The lowest BCUT2D eigenvalue weighted by Gasteiger charge is -2.22. The zero-order chi connectivity index (χ0) is 12.9. The molecule has 2 aromatic rings. The minimum Gasteiger partial charge on any atom is -0.380 e. The molecule has 1 aliphatic rings. The summed E-state index contributed by atoms with van der Waals surface area (Å²) in [5.74, 6) is 0. The van der Waals surface area contributed by atoms with Gasteiger partial charge in [-0.05, 0) is 12.8 Å². The van der Waals surface area contributed by atoms with Crippen LogP contribution in [-0.4, -0.2) is 24.2 Å². The molecule has 3 nitrogen and oxygen atoms in total. The summed E-state index contributed by atoms with van der Waals surface area (Å²) in [6.45, 7) is 2.58. The fourth-order valence-corrected chi connectivity index (χ4v) is 3.02. The molecule has 19 heavy (non-hydrogen) atoms. The molecule has 1 N–H and O–H groups in total. The van der Waals surface area contributed by atoms with Gasteiger partial charge in [0.15, 0.2) is 0 Å². The normalized spacial score (nSPS) is 19.5. The van der Waals surface area contributed by atoms with Gasteiger partial charge in [-0.2, -0.15) is 0 Å². The molecular formula is C15H18N2OS. The molecule has 0 radical (unpaired) electrons. The summed E-state index contributed by atoms with van der Waals surface area (Å²) in [5, 5.41) is 6.80. The summed E-state index contributed by atoms with van der Waals surface area (Å²) in [5.41, 5.74) is 2.26. The quantitative estimate of drug-likeness (QED) is 0.930. The van der Waals surface area contributed by atoms with Crippen molar-refractivity contribution in [2.45, 2.75) is 25.4 Å². The fraction of sp³-hybridized carbons (Fsp3) is 0.400. The van der Waals surface area contributed by atoms with Crippen LogP contribution in [0.5, 0.6) is 0 Å². The van der Waals surface area contributed by atoms with Gasteiger partial charge in [-0.15, -0.1) is 11.3 Å². The Hall–Kier alpha value is -1.23. The highest BCUT2D eigenvalue weighted by Gasteiger charge is 2.13. The van der Waals surface area contributed by atoms with Gasteiger partial charge >= 0.3 is 0 Å². The highest BCUT2D eigenvalue weighted by atomic mass is 32.1. The molecule has 100 valence electrons. The number of thiazole rings is 1. The second-order valence-electron chi connectivity index (χ2n) is 4.79. The van der Waals surface area contributed by atoms with Gasteiger partial charge in [-0.1, -0.05) is 30.3 Å². The van der Waals surface area contributed by atoms with Crippen LogP contribution in [0.4, 0.5) is 0 Å². The first kappa shape index (κ1) is 12.8. The monoisotopic (exact) mass is 274 g/mol. The average Bonchev–Trinajstić information content (AvgIpc) is 2.96. The van der Waals surface area contributed by atoms with Gasteiger partial charge in [-0.25, -0.2) is 4.98 Å². The molecule has 0 saturated carbocycles. The Morgan fingerprint density at radius 3 is 3.00 bits per heavy atom. The molecule has 1 aliphatic heterocycles. The van der Waals surface area contributed by atoms with Gasteiger partial charge in [0.1, 0.15) is 5.01 Å². The van der Waals surface area contributed by atoms with Gasteiger partial charge < -0.3 is 10.1 Å². The second-order valence-corrected chi connectivity index (χ2v) is 5.73. The van der Waals surface area contributed by atoms with Gasteiger partial charge in [-0.3, -0.25) is 0 Å². The fourth-order valence-electron chi connectivity index (χ4n) is 2.27. The highest BCUT2D eigenvalue weighted by molar-refractivity contribution is 7.09. The molecule has 3 rings (SSSR count). The van der Waals surface area contributed by atoms with E-state index in [4.69, 9.17) is 4.74 Å². The zero-order valence-corrected chi connectivity index (χ0v) is 11.7. The molecule has 1 fully saturated rings. The Morgan fingerprint density at radius 1 is 1.32 bits per heavy atom. The molecule has 1 aromatic heterocycles. The largest absolute Gasteiger partial charge is 0.380 e. The third-order valence-corrected chi connectivity index (χ3v) is 4.17. The number of rotatable bonds is 4. The first-order valence-corrected chi connectivity index (χ1v) is 7.61. The van der Waals surface area contributed by atoms with Crippen LogP contribution < -0.4 is 5.32 Å². The maximum atomic E-state index is 5.47. The van der Waals surface area contributed by atoms with Crippen molar-refractivity contribution in [2.75, 3.05) is 13.2 Å². The first-order valence-electron chi connectivity index (χ1n) is 6.73. The molecule has 1 atom stereocenters.